The lowest BCUT2D eigenvalue weighted by Crippen LogP contribution is -2.20. The molecule has 0 fully saturated rings. The van der Waals surface area contributed by atoms with Crippen LogP contribution in [0.1, 0.15) is 25.0 Å². The zero-order valence-corrected chi connectivity index (χ0v) is 12.1. The lowest BCUT2D eigenvalue weighted by Gasteiger charge is -2.18. The number of hydrogen-bond donors (Lipinski definition) is 2. The van der Waals surface area contributed by atoms with Gasteiger partial charge in [-0.25, -0.2) is 0 Å². The Bertz CT molecular complexity index is 514. The Hall–Kier alpha value is -1.22. The van der Waals surface area contributed by atoms with E-state index >= 15 is 0 Å². The number of nitro groups is 1. The third kappa shape index (κ3) is 4.41. The van der Waals surface area contributed by atoms with Gasteiger partial charge in [0.2, 0.25) is 0 Å². The van der Waals surface area contributed by atoms with Gasteiger partial charge >= 0.3 is 5.69 Å². The summed E-state index contributed by atoms with van der Waals surface area (Å²) in [6.45, 7) is 1.40. The van der Waals surface area contributed by atoms with E-state index in [0.717, 1.165) is 18.0 Å². The second kappa shape index (κ2) is 7.53. The van der Waals surface area contributed by atoms with Crippen LogP contribution in [0.3, 0.4) is 0 Å². The molecular weight excluding hydrogens is 308 g/mol. The number of aliphatic hydroxyl groups is 2. The highest BCUT2D eigenvalue weighted by molar-refractivity contribution is 8.13. The van der Waals surface area contributed by atoms with Crippen LogP contribution in [0.4, 0.5) is 5.69 Å². The first kappa shape index (κ1) is 16.8. The molecule has 2 atom stereocenters. The summed E-state index contributed by atoms with van der Waals surface area (Å²) in [6.07, 6.45) is -0.312. The van der Waals surface area contributed by atoms with Gasteiger partial charge in [0.1, 0.15) is 17.3 Å². The standard InChI is InChI=1S/C11H13ClN2O5S/c1-6(15)20-3-2-9(16)11(17)7-4-13-5-8(10(7)12)14(18)19/h4-5,9,11,16-17H,2-3H2,1H3. The fraction of sp³-hybridized carbons (Fsp3) is 0.455. The molecule has 0 amide bonds. The van der Waals surface area contributed by atoms with Crippen molar-refractivity contribution in [3.8, 4) is 0 Å². The second-order valence-electron chi connectivity index (χ2n) is 3.96. The third-order valence-corrected chi connectivity index (χ3v) is 3.75. The van der Waals surface area contributed by atoms with Crippen LogP contribution in [0.25, 0.3) is 0 Å². The highest BCUT2D eigenvalue weighted by Crippen LogP contribution is 2.32. The van der Waals surface area contributed by atoms with Crippen molar-refractivity contribution in [2.24, 2.45) is 0 Å². The SMILES string of the molecule is CC(=O)SCCC(O)C(O)c1cncc([N+](=O)[O-])c1Cl. The van der Waals surface area contributed by atoms with Gasteiger partial charge in [0.25, 0.3) is 0 Å². The van der Waals surface area contributed by atoms with E-state index < -0.39 is 22.8 Å². The van der Waals surface area contributed by atoms with Gasteiger partial charge in [0.15, 0.2) is 5.12 Å². The van der Waals surface area contributed by atoms with E-state index in [0.29, 0.717) is 5.75 Å². The lowest BCUT2D eigenvalue weighted by molar-refractivity contribution is -0.385. The monoisotopic (exact) mass is 320 g/mol. The first-order valence-electron chi connectivity index (χ1n) is 5.62. The molecule has 0 spiro atoms. The number of carbonyl (C=O) groups is 1. The van der Waals surface area contributed by atoms with Crippen molar-refractivity contribution in [2.45, 2.75) is 25.6 Å². The Morgan fingerprint density at radius 2 is 2.20 bits per heavy atom. The maximum absolute atomic E-state index is 10.8. The zero-order valence-electron chi connectivity index (χ0n) is 10.5. The van der Waals surface area contributed by atoms with Crippen molar-refractivity contribution >= 4 is 34.2 Å². The average Bonchev–Trinajstić information content (AvgIpc) is 2.37. The van der Waals surface area contributed by atoms with E-state index in [9.17, 15) is 25.1 Å². The molecule has 0 bridgehead atoms. The minimum absolute atomic E-state index is 0.0128. The number of nitrogens with zero attached hydrogens (tertiary/aromatic N) is 2. The molecule has 20 heavy (non-hydrogen) atoms. The molecule has 0 saturated heterocycles. The topological polar surface area (TPSA) is 114 Å². The van der Waals surface area contributed by atoms with Gasteiger partial charge in [0, 0.05) is 24.4 Å². The predicted molar refractivity (Wildman–Crippen MR) is 74.6 cm³/mol. The van der Waals surface area contributed by atoms with Crippen LogP contribution < -0.4 is 0 Å². The van der Waals surface area contributed by atoms with E-state index in [2.05, 4.69) is 4.98 Å². The van der Waals surface area contributed by atoms with Gasteiger partial charge in [-0.1, -0.05) is 23.4 Å². The van der Waals surface area contributed by atoms with Crippen LogP contribution in [0.5, 0.6) is 0 Å². The second-order valence-corrected chi connectivity index (χ2v) is 5.61. The lowest BCUT2D eigenvalue weighted by atomic mass is 10.0. The summed E-state index contributed by atoms with van der Waals surface area (Å²) in [7, 11) is 0. The molecule has 0 aliphatic rings. The highest BCUT2D eigenvalue weighted by Gasteiger charge is 2.25. The Morgan fingerprint density at radius 3 is 2.75 bits per heavy atom. The van der Waals surface area contributed by atoms with Crippen molar-refractivity contribution in [1.29, 1.82) is 0 Å². The van der Waals surface area contributed by atoms with Crippen LogP contribution in [0.15, 0.2) is 12.4 Å². The first-order chi connectivity index (χ1) is 9.34. The summed E-state index contributed by atoms with van der Waals surface area (Å²) in [5.74, 6) is 0.327. The minimum Gasteiger partial charge on any atom is -0.390 e. The molecule has 0 radical (unpaired) electrons. The summed E-state index contributed by atoms with van der Waals surface area (Å²) in [6, 6.07) is 0. The van der Waals surface area contributed by atoms with E-state index in [1.807, 2.05) is 0 Å². The average molecular weight is 321 g/mol. The van der Waals surface area contributed by atoms with Gasteiger partial charge in [-0.2, -0.15) is 0 Å². The Morgan fingerprint density at radius 1 is 1.55 bits per heavy atom. The largest absolute Gasteiger partial charge is 0.390 e. The molecule has 0 saturated carbocycles. The van der Waals surface area contributed by atoms with E-state index in [4.69, 9.17) is 11.6 Å². The summed E-state index contributed by atoms with van der Waals surface area (Å²) in [5.41, 5.74) is -0.449. The van der Waals surface area contributed by atoms with Crippen LogP contribution in [0, 0.1) is 10.1 Å². The van der Waals surface area contributed by atoms with Crippen LogP contribution >= 0.6 is 23.4 Å². The number of hydrogen-bond acceptors (Lipinski definition) is 7. The number of aromatic nitrogens is 1. The molecule has 1 aromatic heterocycles. The number of thioether (sulfide) groups is 1. The van der Waals surface area contributed by atoms with Gasteiger partial charge < -0.3 is 10.2 Å². The van der Waals surface area contributed by atoms with Crippen LogP contribution in [-0.4, -0.2) is 37.1 Å². The van der Waals surface area contributed by atoms with Gasteiger partial charge in [-0.15, -0.1) is 0 Å². The van der Waals surface area contributed by atoms with Crippen LogP contribution in [-0.2, 0) is 4.79 Å². The fourth-order valence-corrected chi connectivity index (χ4v) is 2.40. The molecule has 0 aromatic carbocycles. The van der Waals surface area contributed by atoms with Crippen molar-refractivity contribution in [1.82, 2.24) is 4.98 Å². The third-order valence-electron chi connectivity index (χ3n) is 2.49. The number of halogens is 1. The van der Waals surface area contributed by atoms with Gasteiger partial charge in [0.05, 0.1) is 11.0 Å². The number of carbonyl (C=O) groups excluding carboxylic acids is 1. The highest BCUT2D eigenvalue weighted by atomic mass is 35.5. The zero-order chi connectivity index (χ0) is 15.3. The smallest absolute Gasteiger partial charge is 0.306 e. The van der Waals surface area contributed by atoms with Crippen molar-refractivity contribution in [3.63, 3.8) is 0 Å². The number of rotatable bonds is 6. The summed E-state index contributed by atoms with van der Waals surface area (Å²) < 4.78 is 0. The molecule has 1 rings (SSSR count). The maximum Gasteiger partial charge on any atom is 0.306 e. The maximum atomic E-state index is 10.8. The number of pyridine rings is 1. The van der Waals surface area contributed by atoms with Crippen molar-refractivity contribution < 1.29 is 19.9 Å². The van der Waals surface area contributed by atoms with E-state index in [1.54, 1.807) is 0 Å². The summed E-state index contributed by atoms with van der Waals surface area (Å²) in [4.78, 5) is 24.4. The first-order valence-corrected chi connectivity index (χ1v) is 6.98. The molecule has 2 N–H and O–H groups in total. The molecular formula is C11H13ClN2O5S. The Labute approximate surface area is 124 Å². The molecule has 1 heterocycles. The number of aliphatic hydroxyl groups excluding tert-OH is 2. The molecule has 7 nitrogen and oxygen atoms in total. The van der Waals surface area contributed by atoms with Crippen LogP contribution in [0.2, 0.25) is 5.02 Å². The van der Waals surface area contributed by atoms with Gasteiger partial charge in [-0.3, -0.25) is 19.9 Å². The summed E-state index contributed by atoms with van der Waals surface area (Å²) >= 11 is 6.83. The molecule has 1 aromatic rings. The minimum atomic E-state index is -1.40. The van der Waals surface area contributed by atoms with E-state index in [1.165, 1.54) is 13.1 Å². The molecule has 0 aliphatic carbocycles. The Kier molecular flexibility index (Phi) is 6.34. The molecule has 9 heteroatoms. The summed E-state index contributed by atoms with van der Waals surface area (Å²) in [5, 5.41) is 30.1. The predicted octanol–water partition coefficient (Wildman–Crippen LogP) is 1.71. The Balaban J connectivity index is 2.81. The molecule has 110 valence electrons. The normalized spacial score (nSPS) is 13.8. The molecule has 0 aliphatic heterocycles. The van der Waals surface area contributed by atoms with E-state index in [-0.39, 0.29) is 22.1 Å². The quantitative estimate of drug-likeness (QED) is 0.605. The van der Waals surface area contributed by atoms with Crippen molar-refractivity contribution in [3.05, 3.63) is 33.1 Å². The fourth-order valence-electron chi connectivity index (χ4n) is 1.47. The molecule has 2 unspecified atom stereocenters. The van der Waals surface area contributed by atoms with Gasteiger partial charge in [-0.05, 0) is 6.42 Å². The van der Waals surface area contributed by atoms with Crippen molar-refractivity contribution in [2.75, 3.05) is 5.75 Å².